The first-order valence-corrected chi connectivity index (χ1v) is 8.45. The first-order valence-electron chi connectivity index (χ1n) is 8.45. The van der Waals surface area contributed by atoms with E-state index in [1.165, 1.54) is 21.3 Å². The number of rotatable bonds is 6. The van der Waals surface area contributed by atoms with Gasteiger partial charge in [-0.1, -0.05) is 5.57 Å². The molecule has 0 unspecified atom stereocenters. The van der Waals surface area contributed by atoms with E-state index in [2.05, 4.69) is 0 Å². The fraction of sp³-hybridized carbons (Fsp3) is 0.286. The number of hydrogen-bond donors (Lipinski definition) is 0. The third kappa shape index (κ3) is 3.56. The first-order chi connectivity index (χ1) is 13.0. The quantitative estimate of drug-likeness (QED) is 0.476. The first kappa shape index (κ1) is 18.6. The van der Waals surface area contributed by atoms with E-state index < -0.39 is 0 Å². The molecule has 0 amide bonds. The SMILES string of the molecule is COc1cc2oc3cc(OCC=C(C)C)c(OC)cc3c(=O)c2cc1OC. The van der Waals surface area contributed by atoms with Crippen molar-refractivity contribution >= 4 is 21.9 Å². The van der Waals surface area contributed by atoms with E-state index in [4.69, 9.17) is 23.4 Å². The molecule has 0 spiro atoms. The van der Waals surface area contributed by atoms with Gasteiger partial charge < -0.3 is 23.4 Å². The molecular formula is C21H22O6. The minimum absolute atomic E-state index is 0.179. The second-order valence-electron chi connectivity index (χ2n) is 6.23. The lowest BCUT2D eigenvalue weighted by Crippen LogP contribution is -2.05. The average Bonchev–Trinajstić information content (AvgIpc) is 2.66. The van der Waals surface area contributed by atoms with Crippen LogP contribution in [0.4, 0.5) is 0 Å². The Morgan fingerprint density at radius 1 is 0.852 bits per heavy atom. The third-order valence-electron chi connectivity index (χ3n) is 4.19. The fourth-order valence-electron chi connectivity index (χ4n) is 2.76. The molecule has 0 saturated heterocycles. The zero-order valence-corrected chi connectivity index (χ0v) is 16.0. The number of benzene rings is 2. The van der Waals surface area contributed by atoms with Crippen LogP contribution in [0.3, 0.4) is 0 Å². The van der Waals surface area contributed by atoms with Crippen molar-refractivity contribution in [1.82, 2.24) is 0 Å². The summed E-state index contributed by atoms with van der Waals surface area (Å²) in [6.45, 7) is 4.38. The molecule has 0 N–H and O–H groups in total. The Balaban J connectivity index is 2.22. The molecule has 0 radical (unpaired) electrons. The zero-order valence-electron chi connectivity index (χ0n) is 16.0. The van der Waals surface area contributed by atoms with Crippen LogP contribution < -0.4 is 24.4 Å². The number of fused-ring (bicyclic) bond motifs is 2. The fourth-order valence-corrected chi connectivity index (χ4v) is 2.76. The molecule has 1 aromatic heterocycles. The van der Waals surface area contributed by atoms with Gasteiger partial charge in [0.15, 0.2) is 23.0 Å². The largest absolute Gasteiger partial charge is 0.493 e. The molecule has 0 bridgehead atoms. The summed E-state index contributed by atoms with van der Waals surface area (Å²) in [6, 6.07) is 6.56. The minimum atomic E-state index is -0.179. The van der Waals surface area contributed by atoms with E-state index in [1.807, 2.05) is 19.9 Å². The predicted molar refractivity (Wildman–Crippen MR) is 105 cm³/mol. The van der Waals surface area contributed by atoms with Crippen LogP contribution in [0, 0.1) is 0 Å². The zero-order chi connectivity index (χ0) is 19.6. The van der Waals surface area contributed by atoms with E-state index in [0.717, 1.165) is 5.57 Å². The molecule has 0 fully saturated rings. The van der Waals surface area contributed by atoms with Gasteiger partial charge in [-0.3, -0.25) is 4.79 Å². The molecule has 3 rings (SSSR count). The molecule has 27 heavy (non-hydrogen) atoms. The second-order valence-corrected chi connectivity index (χ2v) is 6.23. The van der Waals surface area contributed by atoms with Gasteiger partial charge >= 0.3 is 0 Å². The standard InChI is InChI=1S/C21H22O6/c1-12(2)6-7-26-20-11-16-14(9-18(20)24-4)21(22)13-8-17(23-3)19(25-5)10-15(13)27-16/h6,8-11H,7H2,1-5H3. The molecular weight excluding hydrogens is 348 g/mol. The normalized spacial score (nSPS) is 10.7. The maximum atomic E-state index is 13.0. The Labute approximate surface area is 156 Å². The smallest absolute Gasteiger partial charge is 0.200 e. The van der Waals surface area contributed by atoms with Gasteiger partial charge in [0.25, 0.3) is 0 Å². The Kier molecular flexibility index (Phi) is 5.26. The summed E-state index contributed by atoms with van der Waals surface area (Å²) in [5.74, 6) is 1.92. The summed E-state index contributed by atoms with van der Waals surface area (Å²) in [5.41, 5.74) is 1.79. The van der Waals surface area contributed by atoms with Gasteiger partial charge in [-0.15, -0.1) is 0 Å². The van der Waals surface area contributed by atoms with Gasteiger partial charge in [0.2, 0.25) is 5.43 Å². The van der Waals surface area contributed by atoms with E-state index >= 15 is 0 Å². The van der Waals surface area contributed by atoms with Gasteiger partial charge in [-0.05, 0) is 32.1 Å². The molecule has 0 aliphatic heterocycles. The Hall–Kier alpha value is -3.15. The van der Waals surface area contributed by atoms with E-state index in [9.17, 15) is 4.79 Å². The van der Waals surface area contributed by atoms with Crippen LogP contribution in [0.5, 0.6) is 23.0 Å². The Morgan fingerprint density at radius 2 is 1.33 bits per heavy atom. The highest BCUT2D eigenvalue weighted by Crippen LogP contribution is 2.35. The topological polar surface area (TPSA) is 67.1 Å². The van der Waals surface area contributed by atoms with Crippen molar-refractivity contribution in [1.29, 1.82) is 0 Å². The van der Waals surface area contributed by atoms with Crippen LogP contribution in [-0.2, 0) is 0 Å². The monoisotopic (exact) mass is 370 g/mol. The van der Waals surface area contributed by atoms with Gasteiger partial charge in [0.1, 0.15) is 17.8 Å². The molecule has 0 atom stereocenters. The van der Waals surface area contributed by atoms with Crippen LogP contribution in [0.15, 0.2) is 45.1 Å². The summed E-state index contributed by atoms with van der Waals surface area (Å²) in [6.07, 6.45) is 1.96. The number of ether oxygens (including phenoxy) is 4. The molecule has 2 aromatic carbocycles. The van der Waals surface area contributed by atoms with Crippen molar-refractivity contribution in [3.8, 4) is 23.0 Å². The molecule has 1 heterocycles. The molecule has 3 aromatic rings. The lowest BCUT2D eigenvalue weighted by atomic mass is 10.1. The van der Waals surface area contributed by atoms with Crippen molar-refractivity contribution in [3.05, 3.63) is 46.1 Å². The highest BCUT2D eigenvalue weighted by atomic mass is 16.5. The summed E-state index contributed by atoms with van der Waals surface area (Å²) in [5, 5.41) is 0.807. The summed E-state index contributed by atoms with van der Waals surface area (Å²) < 4.78 is 27.7. The average molecular weight is 370 g/mol. The summed E-state index contributed by atoms with van der Waals surface area (Å²) in [7, 11) is 4.58. The van der Waals surface area contributed by atoms with E-state index in [1.54, 1.807) is 24.3 Å². The maximum Gasteiger partial charge on any atom is 0.200 e. The molecule has 0 aliphatic rings. The van der Waals surface area contributed by atoms with E-state index in [0.29, 0.717) is 51.5 Å². The number of allylic oxidation sites excluding steroid dienone is 1. The van der Waals surface area contributed by atoms with Gasteiger partial charge in [0.05, 0.1) is 32.1 Å². The Bertz CT molecular complexity index is 1070. The summed E-state index contributed by atoms with van der Waals surface area (Å²) >= 11 is 0. The lowest BCUT2D eigenvalue weighted by Gasteiger charge is -2.12. The lowest BCUT2D eigenvalue weighted by molar-refractivity contribution is 0.326. The second kappa shape index (κ2) is 7.61. The van der Waals surface area contributed by atoms with Crippen LogP contribution in [0.2, 0.25) is 0 Å². The van der Waals surface area contributed by atoms with Crippen molar-refractivity contribution < 1.29 is 23.4 Å². The predicted octanol–water partition coefficient (Wildman–Crippen LogP) is 4.32. The third-order valence-corrected chi connectivity index (χ3v) is 4.19. The van der Waals surface area contributed by atoms with Gasteiger partial charge in [0, 0.05) is 12.1 Å². The molecule has 142 valence electrons. The van der Waals surface area contributed by atoms with Crippen molar-refractivity contribution in [2.75, 3.05) is 27.9 Å². The molecule has 0 saturated carbocycles. The maximum absolute atomic E-state index is 13.0. The van der Waals surface area contributed by atoms with Crippen molar-refractivity contribution in [3.63, 3.8) is 0 Å². The Morgan fingerprint density at radius 3 is 1.85 bits per heavy atom. The molecule has 6 nitrogen and oxygen atoms in total. The number of methoxy groups -OCH3 is 3. The highest BCUT2D eigenvalue weighted by Gasteiger charge is 2.16. The molecule has 0 aliphatic carbocycles. The number of hydrogen-bond acceptors (Lipinski definition) is 6. The van der Waals surface area contributed by atoms with Crippen LogP contribution >= 0.6 is 0 Å². The van der Waals surface area contributed by atoms with Crippen LogP contribution in [0.1, 0.15) is 13.8 Å². The van der Waals surface area contributed by atoms with Crippen LogP contribution in [-0.4, -0.2) is 27.9 Å². The van der Waals surface area contributed by atoms with Crippen molar-refractivity contribution in [2.45, 2.75) is 13.8 Å². The van der Waals surface area contributed by atoms with Gasteiger partial charge in [-0.25, -0.2) is 0 Å². The minimum Gasteiger partial charge on any atom is -0.493 e. The summed E-state index contributed by atoms with van der Waals surface area (Å²) in [4.78, 5) is 13.0. The van der Waals surface area contributed by atoms with Gasteiger partial charge in [-0.2, -0.15) is 0 Å². The highest BCUT2D eigenvalue weighted by molar-refractivity contribution is 5.92. The van der Waals surface area contributed by atoms with Crippen molar-refractivity contribution in [2.24, 2.45) is 0 Å². The van der Waals surface area contributed by atoms with Crippen LogP contribution in [0.25, 0.3) is 21.9 Å². The molecule has 6 heteroatoms. The van der Waals surface area contributed by atoms with E-state index in [-0.39, 0.29) is 5.43 Å².